The number of rotatable bonds is 8. The van der Waals surface area contributed by atoms with Crippen LogP contribution in [-0.4, -0.2) is 64.2 Å². The van der Waals surface area contributed by atoms with Gasteiger partial charge in [0.1, 0.15) is 18.1 Å². The van der Waals surface area contributed by atoms with E-state index in [-0.39, 0.29) is 13.2 Å². The Bertz CT molecular complexity index is 474. The van der Waals surface area contributed by atoms with Gasteiger partial charge in [-0.1, -0.05) is 0 Å². The molecule has 122 valence electrons. The Morgan fingerprint density at radius 2 is 1.55 bits per heavy atom. The lowest BCUT2D eigenvalue weighted by molar-refractivity contribution is -0.139. The monoisotopic (exact) mass is 309 g/mol. The van der Waals surface area contributed by atoms with Crippen LogP contribution in [-0.2, 0) is 9.59 Å². The van der Waals surface area contributed by atoms with E-state index in [2.05, 4.69) is 10.6 Å². The highest BCUT2D eigenvalue weighted by molar-refractivity contribution is 6.35. The van der Waals surface area contributed by atoms with E-state index in [0.717, 1.165) is 5.75 Å². The molecule has 7 heteroatoms. The van der Waals surface area contributed by atoms with Crippen molar-refractivity contribution in [3.63, 3.8) is 0 Å². The molecule has 0 unspecified atom stereocenters. The molecule has 1 aromatic rings. The lowest BCUT2D eigenvalue weighted by atomic mass is 10.3. The molecule has 0 bridgehead atoms. The third-order valence-corrected chi connectivity index (χ3v) is 2.77. The molecular weight excluding hydrogens is 286 g/mol. The molecule has 0 saturated carbocycles. The number of benzene rings is 1. The zero-order chi connectivity index (χ0) is 16.4. The van der Waals surface area contributed by atoms with Crippen LogP contribution < -0.4 is 20.1 Å². The number of hydrogen-bond donors (Lipinski definition) is 2. The second kappa shape index (κ2) is 9.62. The van der Waals surface area contributed by atoms with Crippen LogP contribution in [0.5, 0.6) is 11.5 Å². The molecule has 7 nitrogen and oxygen atoms in total. The first-order chi connectivity index (χ1) is 10.5. The van der Waals surface area contributed by atoms with Crippen LogP contribution in [0.4, 0.5) is 0 Å². The molecule has 0 aliphatic heterocycles. The van der Waals surface area contributed by atoms with Gasteiger partial charge in [-0.05, 0) is 38.4 Å². The molecule has 0 fully saturated rings. The zero-order valence-electron chi connectivity index (χ0n) is 13.2. The van der Waals surface area contributed by atoms with Crippen LogP contribution in [0.15, 0.2) is 24.3 Å². The van der Waals surface area contributed by atoms with Gasteiger partial charge in [0.15, 0.2) is 0 Å². The molecule has 0 radical (unpaired) electrons. The summed E-state index contributed by atoms with van der Waals surface area (Å²) < 4.78 is 10.5. The normalized spacial score (nSPS) is 10.2. The number of carbonyl (C=O) groups is 2. The number of carbonyl (C=O) groups excluding carboxylic acids is 2. The molecule has 0 saturated heterocycles. The van der Waals surface area contributed by atoms with Crippen LogP contribution in [0.25, 0.3) is 0 Å². The summed E-state index contributed by atoms with van der Waals surface area (Å²) in [6.45, 7) is 1.65. The second-order valence-corrected chi connectivity index (χ2v) is 4.84. The fraction of sp³-hybridized carbons (Fsp3) is 0.467. The lowest BCUT2D eigenvalue weighted by Gasteiger charge is -2.11. The predicted octanol–water partition coefficient (Wildman–Crippen LogP) is -0.132. The van der Waals surface area contributed by atoms with Crippen LogP contribution in [0, 0.1) is 0 Å². The standard InChI is InChI=1S/C15H23N3O4/c1-18(2)10-8-16-14(19)15(20)17-9-11-22-13-6-4-12(21-3)5-7-13/h4-7H,8-11H2,1-3H3,(H,16,19)(H,17,20). The zero-order valence-corrected chi connectivity index (χ0v) is 13.2. The molecule has 0 aliphatic carbocycles. The first-order valence-electron chi connectivity index (χ1n) is 7.00. The van der Waals surface area contributed by atoms with Crippen molar-refractivity contribution in [3.8, 4) is 11.5 Å². The van der Waals surface area contributed by atoms with Gasteiger partial charge in [-0.2, -0.15) is 0 Å². The predicted molar refractivity (Wildman–Crippen MR) is 83.1 cm³/mol. The van der Waals surface area contributed by atoms with Gasteiger partial charge in [0.05, 0.1) is 13.7 Å². The van der Waals surface area contributed by atoms with Crippen molar-refractivity contribution in [1.29, 1.82) is 0 Å². The number of hydrogen-bond acceptors (Lipinski definition) is 5. The number of nitrogens with one attached hydrogen (secondary N) is 2. The molecule has 0 aliphatic rings. The first-order valence-corrected chi connectivity index (χ1v) is 7.00. The number of amides is 2. The minimum Gasteiger partial charge on any atom is -0.497 e. The summed E-state index contributed by atoms with van der Waals surface area (Å²) >= 11 is 0. The summed E-state index contributed by atoms with van der Waals surface area (Å²) in [5, 5.41) is 5.04. The minimum absolute atomic E-state index is 0.256. The summed E-state index contributed by atoms with van der Waals surface area (Å²) in [5.74, 6) is 0.129. The van der Waals surface area contributed by atoms with E-state index in [1.165, 1.54) is 0 Å². The first kappa shape index (κ1) is 17.8. The van der Waals surface area contributed by atoms with E-state index in [1.54, 1.807) is 31.4 Å². The number of nitrogens with zero attached hydrogens (tertiary/aromatic N) is 1. The van der Waals surface area contributed by atoms with E-state index < -0.39 is 11.8 Å². The van der Waals surface area contributed by atoms with E-state index >= 15 is 0 Å². The van der Waals surface area contributed by atoms with Crippen LogP contribution in [0.3, 0.4) is 0 Å². The third-order valence-electron chi connectivity index (χ3n) is 2.77. The molecule has 2 amide bonds. The Morgan fingerprint density at radius 1 is 1.00 bits per heavy atom. The Morgan fingerprint density at radius 3 is 2.09 bits per heavy atom. The quantitative estimate of drug-likeness (QED) is 0.516. The molecule has 1 aromatic carbocycles. The molecular formula is C15H23N3O4. The second-order valence-electron chi connectivity index (χ2n) is 4.84. The Kier molecular flexibility index (Phi) is 7.77. The summed E-state index contributed by atoms with van der Waals surface area (Å²) in [6.07, 6.45) is 0. The largest absolute Gasteiger partial charge is 0.497 e. The smallest absolute Gasteiger partial charge is 0.309 e. The van der Waals surface area contributed by atoms with Gasteiger partial charge in [0.25, 0.3) is 0 Å². The molecule has 0 atom stereocenters. The average Bonchev–Trinajstić information content (AvgIpc) is 2.51. The van der Waals surface area contributed by atoms with E-state index in [4.69, 9.17) is 9.47 Å². The van der Waals surface area contributed by atoms with Crippen LogP contribution >= 0.6 is 0 Å². The van der Waals surface area contributed by atoms with Crippen molar-refractivity contribution in [2.45, 2.75) is 0 Å². The topological polar surface area (TPSA) is 79.9 Å². The maximum atomic E-state index is 11.5. The Hall–Kier alpha value is -2.28. The highest BCUT2D eigenvalue weighted by Gasteiger charge is 2.11. The third kappa shape index (κ3) is 6.94. The van der Waals surface area contributed by atoms with Gasteiger partial charge < -0.3 is 25.0 Å². The molecule has 0 heterocycles. The molecule has 22 heavy (non-hydrogen) atoms. The number of likely N-dealkylation sites (N-methyl/N-ethyl adjacent to an activating group) is 1. The van der Waals surface area contributed by atoms with Crippen molar-refractivity contribution >= 4 is 11.8 Å². The SMILES string of the molecule is COc1ccc(OCCNC(=O)C(=O)NCCN(C)C)cc1. The van der Waals surface area contributed by atoms with Gasteiger partial charge in [-0.15, -0.1) is 0 Å². The summed E-state index contributed by atoms with van der Waals surface area (Å²) in [5.41, 5.74) is 0. The fourth-order valence-corrected chi connectivity index (χ4v) is 1.56. The van der Waals surface area contributed by atoms with Crippen molar-refractivity contribution < 1.29 is 19.1 Å². The number of methoxy groups -OCH3 is 1. The van der Waals surface area contributed by atoms with Gasteiger partial charge >= 0.3 is 11.8 Å². The highest BCUT2D eigenvalue weighted by Crippen LogP contribution is 2.16. The average molecular weight is 309 g/mol. The Balaban J connectivity index is 2.17. The van der Waals surface area contributed by atoms with Crippen molar-refractivity contribution in [2.24, 2.45) is 0 Å². The van der Waals surface area contributed by atoms with Crippen molar-refractivity contribution in [2.75, 3.05) is 47.4 Å². The van der Waals surface area contributed by atoms with Crippen LogP contribution in [0.2, 0.25) is 0 Å². The van der Waals surface area contributed by atoms with Crippen LogP contribution in [0.1, 0.15) is 0 Å². The Labute approximate surface area is 130 Å². The van der Waals surface area contributed by atoms with Crippen molar-refractivity contribution in [1.82, 2.24) is 15.5 Å². The highest BCUT2D eigenvalue weighted by atomic mass is 16.5. The van der Waals surface area contributed by atoms with E-state index in [1.807, 2.05) is 19.0 Å². The van der Waals surface area contributed by atoms with E-state index in [9.17, 15) is 9.59 Å². The molecule has 0 aromatic heterocycles. The van der Waals surface area contributed by atoms with E-state index in [0.29, 0.717) is 18.8 Å². The lowest BCUT2D eigenvalue weighted by Crippen LogP contribution is -2.43. The molecule has 2 N–H and O–H groups in total. The van der Waals surface area contributed by atoms with Gasteiger partial charge in [-0.3, -0.25) is 9.59 Å². The molecule has 0 spiro atoms. The maximum Gasteiger partial charge on any atom is 0.309 e. The number of ether oxygens (including phenoxy) is 2. The molecule has 1 rings (SSSR count). The van der Waals surface area contributed by atoms with Crippen molar-refractivity contribution in [3.05, 3.63) is 24.3 Å². The summed E-state index contributed by atoms with van der Waals surface area (Å²) in [7, 11) is 5.38. The van der Waals surface area contributed by atoms with Gasteiger partial charge in [0, 0.05) is 13.1 Å². The van der Waals surface area contributed by atoms with Gasteiger partial charge in [-0.25, -0.2) is 0 Å². The minimum atomic E-state index is -0.655. The maximum absolute atomic E-state index is 11.5. The summed E-state index contributed by atoms with van der Waals surface area (Å²) in [6, 6.07) is 7.11. The fourth-order valence-electron chi connectivity index (χ4n) is 1.56. The summed E-state index contributed by atoms with van der Waals surface area (Å²) in [4.78, 5) is 24.9. The van der Waals surface area contributed by atoms with Gasteiger partial charge in [0.2, 0.25) is 0 Å².